The van der Waals surface area contributed by atoms with E-state index >= 15 is 0 Å². The minimum Gasteiger partial charge on any atom is -0.496 e. The number of carbonyl (C=O) groups is 1. The molecule has 1 aliphatic heterocycles. The largest absolute Gasteiger partial charge is 0.496 e. The average molecular weight is 386 g/mol. The van der Waals surface area contributed by atoms with Crippen molar-refractivity contribution in [3.05, 3.63) is 68.6 Å². The lowest BCUT2D eigenvalue weighted by Crippen LogP contribution is -2.27. The summed E-state index contributed by atoms with van der Waals surface area (Å²) in [7, 11) is 1.47. The van der Waals surface area contributed by atoms with Gasteiger partial charge in [0.2, 0.25) is 0 Å². The van der Waals surface area contributed by atoms with Crippen LogP contribution in [0.4, 0.5) is 11.4 Å². The maximum atomic E-state index is 12.8. The fourth-order valence-corrected chi connectivity index (χ4v) is 3.84. The first-order valence-electron chi connectivity index (χ1n) is 7.58. The molecule has 2 aromatic rings. The number of rotatable bonds is 4. The molecule has 3 rings (SSSR count). The van der Waals surface area contributed by atoms with E-state index in [2.05, 4.69) is 0 Å². The number of ether oxygens (including phenoxy) is 1. The molecular weight excluding hydrogens is 372 g/mol. The number of hydrogen-bond acceptors (Lipinski definition) is 6. The summed E-state index contributed by atoms with van der Waals surface area (Å²) in [4.78, 5) is 25.2. The molecule has 0 atom stereocenters. The Kier molecular flexibility index (Phi) is 5.06. The van der Waals surface area contributed by atoms with Gasteiger partial charge in [0.05, 0.1) is 22.6 Å². The zero-order valence-electron chi connectivity index (χ0n) is 14.0. The molecule has 0 N–H and O–H groups in total. The van der Waals surface area contributed by atoms with Gasteiger partial charge in [-0.05, 0) is 36.8 Å². The van der Waals surface area contributed by atoms with Gasteiger partial charge in [0.25, 0.3) is 11.6 Å². The number of aryl methyl sites for hydroxylation is 1. The first kappa shape index (κ1) is 18.1. The molecule has 0 radical (unpaired) electrons. The number of amides is 1. The van der Waals surface area contributed by atoms with Crippen LogP contribution in [0.5, 0.6) is 5.75 Å². The van der Waals surface area contributed by atoms with Crippen LogP contribution in [0.3, 0.4) is 0 Å². The number of thioether (sulfide) groups is 1. The van der Waals surface area contributed by atoms with E-state index in [-0.39, 0.29) is 11.6 Å². The number of nitro groups is 1. The Balaban J connectivity index is 2.00. The third kappa shape index (κ3) is 3.47. The van der Waals surface area contributed by atoms with Crippen LogP contribution in [-0.2, 0) is 4.79 Å². The molecule has 0 saturated carbocycles. The van der Waals surface area contributed by atoms with Crippen LogP contribution in [0.15, 0.2) is 47.4 Å². The summed E-state index contributed by atoms with van der Waals surface area (Å²) < 4.78 is 5.66. The SMILES string of the molecule is COc1ccc([N+](=O)[O-])cc1/C=C1\SC(=S)N(c2cccc(C)c2)C1=O. The number of thiocarbonyl (C=S) groups is 1. The predicted molar refractivity (Wildman–Crippen MR) is 106 cm³/mol. The van der Waals surface area contributed by atoms with Crippen molar-refractivity contribution >= 4 is 51.7 Å². The lowest BCUT2D eigenvalue weighted by Gasteiger charge is -2.14. The fourth-order valence-electron chi connectivity index (χ4n) is 2.55. The van der Waals surface area contributed by atoms with Crippen molar-refractivity contribution in [1.29, 1.82) is 0 Å². The summed E-state index contributed by atoms with van der Waals surface area (Å²) in [5, 5.41) is 11.0. The van der Waals surface area contributed by atoms with Crippen molar-refractivity contribution < 1.29 is 14.5 Å². The molecule has 1 amide bonds. The lowest BCUT2D eigenvalue weighted by atomic mass is 10.1. The van der Waals surface area contributed by atoms with E-state index in [1.165, 1.54) is 30.2 Å². The predicted octanol–water partition coefficient (Wildman–Crippen LogP) is 4.32. The molecule has 0 aromatic heterocycles. The Morgan fingerprint density at radius 3 is 2.69 bits per heavy atom. The van der Waals surface area contributed by atoms with Crippen molar-refractivity contribution in [2.45, 2.75) is 6.92 Å². The molecule has 0 aliphatic carbocycles. The first-order valence-corrected chi connectivity index (χ1v) is 8.80. The Labute approximate surface area is 159 Å². The van der Waals surface area contributed by atoms with Gasteiger partial charge in [0.15, 0.2) is 4.32 Å². The maximum Gasteiger partial charge on any atom is 0.270 e. The van der Waals surface area contributed by atoms with Gasteiger partial charge in [-0.25, -0.2) is 0 Å². The van der Waals surface area contributed by atoms with Crippen molar-refractivity contribution in [2.24, 2.45) is 0 Å². The molecule has 1 saturated heterocycles. The topological polar surface area (TPSA) is 72.7 Å². The number of methoxy groups -OCH3 is 1. The van der Waals surface area contributed by atoms with Crippen LogP contribution in [0.1, 0.15) is 11.1 Å². The highest BCUT2D eigenvalue weighted by atomic mass is 32.2. The van der Waals surface area contributed by atoms with Crippen LogP contribution in [0, 0.1) is 17.0 Å². The number of hydrogen-bond donors (Lipinski definition) is 0. The number of nitro benzene ring substituents is 1. The van der Waals surface area contributed by atoms with Gasteiger partial charge < -0.3 is 4.74 Å². The van der Waals surface area contributed by atoms with E-state index in [0.29, 0.717) is 26.2 Å². The molecule has 6 nitrogen and oxygen atoms in total. The first-order chi connectivity index (χ1) is 12.4. The second-order valence-electron chi connectivity index (χ2n) is 5.54. The van der Waals surface area contributed by atoms with Crippen LogP contribution in [0.25, 0.3) is 6.08 Å². The summed E-state index contributed by atoms with van der Waals surface area (Å²) >= 11 is 6.51. The Hall–Kier alpha value is -2.71. The van der Waals surface area contributed by atoms with E-state index in [9.17, 15) is 14.9 Å². The summed E-state index contributed by atoms with van der Waals surface area (Å²) in [5.41, 5.74) is 2.08. The second kappa shape index (κ2) is 7.27. The quantitative estimate of drug-likeness (QED) is 0.337. The van der Waals surface area contributed by atoms with Gasteiger partial charge in [-0.2, -0.15) is 0 Å². The number of non-ortho nitro benzene ring substituents is 1. The van der Waals surface area contributed by atoms with Crippen molar-refractivity contribution in [1.82, 2.24) is 0 Å². The maximum absolute atomic E-state index is 12.8. The molecular formula is C18H14N2O4S2. The van der Waals surface area contributed by atoms with Gasteiger partial charge in [0.1, 0.15) is 5.75 Å². The summed E-state index contributed by atoms with van der Waals surface area (Å²) in [6.45, 7) is 1.94. The average Bonchev–Trinajstić information content (AvgIpc) is 2.88. The molecule has 2 aromatic carbocycles. The van der Waals surface area contributed by atoms with E-state index < -0.39 is 4.92 Å². The number of nitrogens with zero attached hydrogens (tertiary/aromatic N) is 2. The van der Waals surface area contributed by atoms with Crippen molar-refractivity contribution in [3.63, 3.8) is 0 Å². The van der Waals surface area contributed by atoms with Crippen molar-refractivity contribution in [3.8, 4) is 5.75 Å². The normalized spacial score (nSPS) is 15.6. The highest BCUT2D eigenvalue weighted by Gasteiger charge is 2.33. The highest BCUT2D eigenvalue weighted by molar-refractivity contribution is 8.27. The van der Waals surface area contributed by atoms with Gasteiger partial charge in [-0.15, -0.1) is 0 Å². The summed E-state index contributed by atoms with van der Waals surface area (Å²) in [6, 6.07) is 11.7. The molecule has 132 valence electrons. The van der Waals surface area contributed by atoms with E-state index in [4.69, 9.17) is 17.0 Å². The van der Waals surface area contributed by atoms with E-state index in [1.54, 1.807) is 6.08 Å². The van der Waals surface area contributed by atoms with Crippen molar-refractivity contribution in [2.75, 3.05) is 12.0 Å². The molecule has 1 heterocycles. The summed E-state index contributed by atoms with van der Waals surface area (Å²) in [6.07, 6.45) is 1.57. The molecule has 0 bridgehead atoms. The molecule has 8 heteroatoms. The van der Waals surface area contributed by atoms with Crippen LogP contribution < -0.4 is 9.64 Å². The Morgan fingerprint density at radius 1 is 1.27 bits per heavy atom. The molecule has 0 unspecified atom stereocenters. The smallest absolute Gasteiger partial charge is 0.270 e. The zero-order valence-corrected chi connectivity index (χ0v) is 15.6. The van der Waals surface area contributed by atoms with Gasteiger partial charge in [0, 0.05) is 17.7 Å². The zero-order chi connectivity index (χ0) is 18.8. The van der Waals surface area contributed by atoms with Gasteiger partial charge in [-0.3, -0.25) is 19.8 Å². The highest BCUT2D eigenvalue weighted by Crippen LogP contribution is 2.37. The summed E-state index contributed by atoms with van der Waals surface area (Å²) in [5.74, 6) is 0.176. The minimum absolute atomic E-state index is 0.0776. The third-order valence-corrected chi connectivity index (χ3v) is 5.07. The number of benzene rings is 2. The van der Waals surface area contributed by atoms with E-state index in [0.717, 1.165) is 17.3 Å². The second-order valence-corrected chi connectivity index (χ2v) is 7.22. The van der Waals surface area contributed by atoms with Gasteiger partial charge in [-0.1, -0.05) is 36.1 Å². The van der Waals surface area contributed by atoms with E-state index in [1.807, 2.05) is 31.2 Å². The Morgan fingerprint density at radius 2 is 2.04 bits per heavy atom. The Bertz CT molecular complexity index is 956. The van der Waals surface area contributed by atoms with Crippen LogP contribution in [0.2, 0.25) is 0 Å². The van der Waals surface area contributed by atoms with Crippen LogP contribution in [-0.4, -0.2) is 22.3 Å². The monoisotopic (exact) mass is 386 g/mol. The molecule has 0 spiro atoms. The lowest BCUT2D eigenvalue weighted by molar-refractivity contribution is -0.384. The molecule has 1 aliphatic rings. The number of anilines is 1. The number of carbonyl (C=O) groups excluding carboxylic acids is 1. The fraction of sp³-hybridized carbons (Fsp3) is 0.111. The minimum atomic E-state index is -0.491. The molecule has 1 fully saturated rings. The van der Waals surface area contributed by atoms with Gasteiger partial charge >= 0.3 is 0 Å². The molecule has 26 heavy (non-hydrogen) atoms. The standard InChI is InChI=1S/C18H14N2O4S2/c1-11-4-3-5-13(8-11)19-17(21)16(26-18(19)25)10-12-9-14(20(22)23)6-7-15(12)24-2/h3-10H,1-2H3/b16-10-. The third-order valence-electron chi connectivity index (χ3n) is 3.76. The van der Waals surface area contributed by atoms with Crippen LogP contribution >= 0.6 is 24.0 Å².